The summed E-state index contributed by atoms with van der Waals surface area (Å²) in [6.45, 7) is 1.19. The SMILES string of the molecule is O=C1C=CC(=O)N1CCC[n+]1ccc(/C=C/c2ccnc3ccccc23)cc1.[Br-]. The molecule has 1 aliphatic rings. The number of imide groups is 1. The van der Waals surface area contributed by atoms with Crippen LogP contribution in [0.5, 0.6) is 0 Å². The van der Waals surface area contributed by atoms with Crippen molar-refractivity contribution >= 4 is 34.9 Å². The van der Waals surface area contributed by atoms with E-state index in [1.54, 1.807) is 0 Å². The summed E-state index contributed by atoms with van der Waals surface area (Å²) in [6, 6.07) is 14.2. The highest BCUT2D eigenvalue weighted by Crippen LogP contribution is 2.18. The van der Waals surface area contributed by atoms with Crippen molar-refractivity contribution in [2.75, 3.05) is 6.54 Å². The van der Waals surface area contributed by atoms with Crippen LogP contribution in [0, 0.1) is 0 Å². The molecule has 3 aromatic rings. The van der Waals surface area contributed by atoms with E-state index in [4.69, 9.17) is 0 Å². The molecule has 3 heterocycles. The quantitative estimate of drug-likeness (QED) is 0.393. The van der Waals surface area contributed by atoms with Gasteiger partial charge in [0.05, 0.1) is 5.52 Å². The van der Waals surface area contributed by atoms with Crippen molar-refractivity contribution in [2.45, 2.75) is 13.0 Å². The van der Waals surface area contributed by atoms with Crippen LogP contribution in [-0.4, -0.2) is 28.2 Å². The van der Waals surface area contributed by atoms with Gasteiger partial charge in [-0.1, -0.05) is 30.4 Å². The number of pyridine rings is 2. The van der Waals surface area contributed by atoms with Gasteiger partial charge >= 0.3 is 0 Å². The number of amides is 2. The van der Waals surface area contributed by atoms with E-state index in [2.05, 4.69) is 27.8 Å². The molecule has 0 aliphatic carbocycles. The predicted octanol–water partition coefficient (Wildman–Crippen LogP) is 0.0118. The Morgan fingerprint density at radius 3 is 2.41 bits per heavy atom. The topological polar surface area (TPSA) is 54.2 Å². The van der Waals surface area contributed by atoms with Gasteiger partial charge in [-0.15, -0.1) is 0 Å². The molecule has 0 spiro atoms. The molecule has 1 aliphatic heterocycles. The molecule has 4 rings (SSSR count). The van der Waals surface area contributed by atoms with Crippen LogP contribution in [0.3, 0.4) is 0 Å². The Kier molecular flexibility index (Phi) is 6.67. The fourth-order valence-electron chi connectivity index (χ4n) is 3.24. The first-order chi connectivity index (χ1) is 13.7. The number of aryl methyl sites for hydroxylation is 1. The van der Waals surface area contributed by atoms with Crippen LogP contribution in [0.4, 0.5) is 0 Å². The van der Waals surface area contributed by atoms with Gasteiger partial charge in [0.25, 0.3) is 11.8 Å². The minimum atomic E-state index is -0.223. The van der Waals surface area contributed by atoms with Crippen LogP contribution in [0.1, 0.15) is 17.5 Å². The number of aromatic nitrogens is 2. The van der Waals surface area contributed by atoms with Crippen LogP contribution in [-0.2, 0) is 16.1 Å². The van der Waals surface area contributed by atoms with Gasteiger partial charge in [0.15, 0.2) is 12.4 Å². The third-order valence-corrected chi connectivity index (χ3v) is 4.75. The zero-order chi connectivity index (χ0) is 19.3. The maximum atomic E-state index is 11.5. The highest BCUT2D eigenvalue weighted by molar-refractivity contribution is 6.12. The monoisotopic (exact) mass is 449 g/mol. The molecular weight excluding hydrogens is 430 g/mol. The Bertz CT molecular complexity index is 1070. The van der Waals surface area contributed by atoms with E-state index in [0.717, 1.165) is 35.0 Å². The Hall–Kier alpha value is -3.12. The number of nitrogens with zero attached hydrogens (tertiary/aromatic N) is 3. The number of hydrogen-bond acceptors (Lipinski definition) is 3. The first-order valence-corrected chi connectivity index (χ1v) is 9.25. The van der Waals surface area contributed by atoms with Gasteiger partial charge in [-0.05, 0) is 23.3 Å². The largest absolute Gasteiger partial charge is 1.00 e. The van der Waals surface area contributed by atoms with Crippen LogP contribution >= 0.6 is 0 Å². The summed E-state index contributed by atoms with van der Waals surface area (Å²) in [5.41, 5.74) is 3.22. The lowest BCUT2D eigenvalue weighted by Gasteiger charge is -2.11. The van der Waals surface area contributed by atoms with E-state index in [1.807, 2.05) is 55.0 Å². The number of rotatable bonds is 6. The summed E-state index contributed by atoms with van der Waals surface area (Å²) in [7, 11) is 0. The molecular formula is C23H20BrN3O2. The number of halogens is 1. The standard InChI is InChI=1S/C23H20N3O2.BrH/c27-22-8-9-23(28)26(22)15-3-14-25-16-11-18(12-17-25)6-7-19-10-13-24-21-5-2-1-4-20(19)21;/h1-2,4-13,16-17H,3,14-15H2;1H/q+1;/p-1/b7-6+;. The third kappa shape index (κ3) is 4.84. The average molecular weight is 450 g/mol. The van der Waals surface area contributed by atoms with Gasteiger partial charge in [0.2, 0.25) is 0 Å². The van der Waals surface area contributed by atoms with E-state index in [0.29, 0.717) is 6.54 Å². The van der Waals surface area contributed by atoms with Crippen molar-refractivity contribution in [3.63, 3.8) is 0 Å². The second-order valence-electron chi connectivity index (χ2n) is 6.63. The Balaban J connectivity index is 0.00000240. The molecule has 2 amide bonds. The predicted molar refractivity (Wildman–Crippen MR) is 108 cm³/mol. The van der Waals surface area contributed by atoms with Crippen molar-refractivity contribution < 1.29 is 31.1 Å². The zero-order valence-electron chi connectivity index (χ0n) is 15.7. The number of benzene rings is 1. The molecule has 5 nitrogen and oxygen atoms in total. The minimum Gasteiger partial charge on any atom is -1.00 e. The first kappa shape index (κ1) is 20.6. The summed E-state index contributed by atoms with van der Waals surface area (Å²) in [4.78, 5) is 28.7. The van der Waals surface area contributed by atoms with E-state index >= 15 is 0 Å². The average Bonchev–Trinajstić information content (AvgIpc) is 3.05. The fraction of sp³-hybridized carbons (Fsp3) is 0.130. The molecule has 0 N–H and O–H groups in total. The lowest BCUT2D eigenvalue weighted by Crippen LogP contribution is -3.00. The lowest BCUT2D eigenvalue weighted by atomic mass is 10.1. The lowest BCUT2D eigenvalue weighted by molar-refractivity contribution is -0.697. The van der Waals surface area contributed by atoms with Crippen LogP contribution in [0.15, 0.2) is 73.2 Å². The fourth-order valence-corrected chi connectivity index (χ4v) is 3.24. The summed E-state index contributed by atoms with van der Waals surface area (Å²) in [5, 5.41) is 1.13. The highest BCUT2D eigenvalue weighted by Gasteiger charge is 2.22. The molecule has 0 saturated carbocycles. The normalized spacial score (nSPS) is 13.4. The number of fused-ring (bicyclic) bond motifs is 1. The van der Waals surface area contributed by atoms with Gasteiger partial charge in [-0.2, -0.15) is 0 Å². The smallest absolute Gasteiger partial charge is 0.253 e. The Morgan fingerprint density at radius 1 is 0.931 bits per heavy atom. The maximum absolute atomic E-state index is 11.5. The second kappa shape index (κ2) is 9.39. The van der Waals surface area contributed by atoms with Gasteiger partial charge < -0.3 is 17.0 Å². The first-order valence-electron chi connectivity index (χ1n) is 9.25. The van der Waals surface area contributed by atoms with Crippen LogP contribution in [0.25, 0.3) is 23.1 Å². The summed E-state index contributed by atoms with van der Waals surface area (Å²) >= 11 is 0. The molecule has 6 heteroatoms. The molecule has 0 atom stereocenters. The number of carbonyl (C=O) groups excluding carboxylic acids is 2. The zero-order valence-corrected chi connectivity index (χ0v) is 17.3. The molecule has 2 aromatic heterocycles. The third-order valence-electron chi connectivity index (χ3n) is 4.75. The molecule has 1 aromatic carbocycles. The number of hydrogen-bond donors (Lipinski definition) is 0. The van der Waals surface area contributed by atoms with Crippen molar-refractivity contribution in [1.29, 1.82) is 0 Å². The van der Waals surface area contributed by atoms with E-state index in [9.17, 15) is 9.59 Å². The van der Waals surface area contributed by atoms with Gasteiger partial charge in [0.1, 0.15) is 6.54 Å². The molecule has 146 valence electrons. The van der Waals surface area contributed by atoms with Crippen LogP contribution < -0.4 is 21.5 Å². The summed E-state index contributed by atoms with van der Waals surface area (Å²) in [5.74, 6) is -0.446. The number of para-hydroxylation sites is 1. The summed E-state index contributed by atoms with van der Waals surface area (Å²) in [6.07, 6.45) is 13.4. The molecule has 29 heavy (non-hydrogen) atoms. The minimum absolute atomic E-state index is 0. The molecule has 0 saturated heterocycles. The second-order valence-corrected chi connectivity index (χ2v) is 6.63. The van der Waals surface area contributed by atoms with Crippen LogP contribution in [0.2, 0.25) is 0 Å². The Morgan fingerprint density at radius 2 is 1.66 bits per heavy atom. The Labute approximate surface area is 179 Å². The summed E-state index contributed by atoms with van der Waals surface area (Å²) < 4.78 is 2.05. The van der Waals surface area contributed by atoms with E-state index in [1.165, 1.54) is 17.1 Å². The highest BCUT2D eigenvalue weighted by atomic mass is 79.9. The number of carbonyl (C=O) groups is 2. The molecule has 0 unspecified atom stereocenters. The molecule has 0 radical (unpaired) electrons. The molecule has 0 bridgehead atoms. The van der Waals surface area contributed by atoms with E-state index < -0.39 is 0 Å². The van der Waals surface area contributed by atoms with Crippen molar-refractivity contribution in [3.05, 3.63) is 84.3 Å². The van der Waals surface area contributed by atoms with Crippen molar-refractivity contribution in [3.8, 4) is 0 Å². The van der Waals surface area contributed by atoms with Gasteiger partial charge in [0, 0.05) is 48.8 Å². The van der Waals surface area contributed by atoms with Gasteiger partial charge in [-0.25, -0.2) is 4.57 Å². The van der Waals surface area contributed by atoms with Crippen molar-refractivity contribution in [2.24, 2.45) is 0 Å². The van der Waals surface area contributed by atoms with E-state index in [-0.39, 0.29) is 28.8 Å². The van der Waals surface area contributed by atoms with Crippen molar-refractivity contribution in [1.82, 2.24) is 9.88 Å². The maximum Gasteiger partial charge on any atom is 0.253 e. The molecule has 0 fully saturated rings. The van der Waals surface area contributed by atoms with Gasteiger partial charge in [-0.3, -0.25) is 19.5 Å².